The zero-order valence-electron chi connectivity index (χ0n) is 13.0. The van der Waals surface area contributed by atoms with E-state index in [1.165, 1.54) is 43.4 Å². The molecule has 0 spiro atoms. The normalized spacial score (nSPS) is 12.0. The monoisotopic (exact) mass is 359 g/mol. The number of rotatable bonds is 5. The number of sulfonamides is 1. The molecule has 24 heavy (non-hydrogen) atoms. The fourth-order valence-corrected chi connectivity index (χ4v) is 3.24. The summed E-state index contributed by atoms with van der Waals surface area (Å²) in [7, 11) is -2.77. The number of ether oxygens (including phenoxy) is 1. The summed E-state index contributed by atoms with van der Waals surface area (Å²) in [6, 6.07) is 9.86. The van der Waals surface area contributed by atoms with Crippen molar-refractivity contribution in [2.45, 2.75) is 18.0 Å². The Morgan fingerprint density at radius 1 is 1.08 bits per heavy atom. The average molecular weight is 359 g/mol. The van der Waals surface area contributed by atoms with Gasteiger partial charge in [-0.05, 0) is 49.4 Å². The third-order valence-electron chi connectivity index (χ3n) is 3.33. The first-order chi connectivity index (χ1) is 11.2. The van der Waals surface area contributed by atoms with Gasteiger partial charge in [0.1, 0.15) is 5.75 Å². The van der Waals surface area contributed by atoms with Crippen LogP contribution in [0.15, 0.2) is 53.4 Å². The summed E-state index contributed by atoms with van der Waals surface area (Å²) in [6.07, 6.45) is -4.54. The maximum atomic E-state index is 12.8. The smallest absolute Gasteiger partial charge is 0.416 e. The van der Waals surface area contributed by atoms with E-state index >= 15 is 0 Å². The predicted octanol–water partition coefficient (Wildman–Crippen LogP) is 3.93. The fraction of sp³-hybridized carbons (Fsp3) is 0.250. The molecule has 0 fully saturated rings. The Labute approximate surface area is 138 Å². The Morgan fingerprint density at radius 2 is 1.71 bits per heavy atom. The summed E-state index contributed by atoms with van der Waals surface area (Å²) >= 11 is 0. The molecule has 0 atom stereocenters. The highest BCUT2D eigenvalue weighted by molar-refractivity contribution is 7.92. The molecule has 130 valence electrons. The van der Waals surface area contributed by atoms with Crippen LogP contribution < -0.4 is 9.04 Å². The molecule has 2 rings (SSSR count). The van der Waals surface area contributed by atoms with E-state index < -0.39 is 21.8 Å². The first kappa shape index (κ1) is 18.1. The van der Waals surface area contributed by atoms with E-state index in [0.717, 1.165) is 16.4 Å². The van der Waals surface area contributed by atoms with Gasteiger partial charge in [0.25, 0.3) is 10.0 Å². The van der Waals surface area contributed by atoms with Crippen LogP contribution in [0.25, 0.3) is 0 Å². The van der Waals surface area contributed by atoms with Gasteiger partial charge >= 0.3 is 6.18 Å². The maximum Gasteiger partial charge on any atom is 0.416 e. The second kappa shape index (κ2) is 6.72. The van der Waals surface area contributed by atoms with Crippen LogP contribution in [-0.2, 0) is 16.2 Å². The minimum Gasteiger partial charge on any atom is -0.494 e. The summed E-state index contributed by atoms with van der Waals surface area (Å²) in [4.78, 5) is -0.0362. The maximum absolute atomic E-state index is 12.8. The first-order valence-electron chi connectivity index (χ1n) is 7.05. The van der Waals surface area contributed by atoms with Crippen molar-refractivity contribution in [2.24, 2.45) is 0 Å². The zero-order valence-corrected chi connectivity index (χ0v) is 13.9. The zero-order chi connectivity index (χ0) is 18.0. The average Bonchev–Trinajstić information content (AvgIpc) is 2.54. The largest absolute Gasteiger partial charge is 0.494 e. The lowest BCUT2D eigenvalue weighted by molar-refractivity contribution is -0.137. The second-order valence-corrected chi connectivity index (χ2v) is 6.89. The number of hydrogen-bond donors (Lipinski definition) is 0. The highest BCUT2D eigenvalue weighted by Crippen LogP contribution is 2.32. The van der Waals surface area contributed by atoms with Crippen molar-refractivity contribution in [3.05, 3.63) is 54.1 Å². The molecule has 8 heteroatoms. The molecule has 0 amide bonds. The summed E-state index contributed by atoms with van der Waals surface area (Å²) in [5, 5.41) is 0. The lowest BCUT2D eigenvalue weighted by atomic mass is 10.2. The van der Waals surface area contributed by atoms with E-state index in [1.807, 2.05) is 0 Å². The van der Waals surface area contributed by atoms with Crippen molar-refractivity contribution < 1.29 is 26.3 Å². The molecule has 0 aliphatic carbocycles. The van der Waals surface area contributed by atoms with Gasteiger partial charge in [0.05, 0.1) is 22.8 Å². The van der Waals surface area contributed by atoms with Gasteiger partial charge < -0.3 is 4.74 Å². The molecule has 2 aromatic carbocycles. The predicted molar refractivity (Wildman–Crippen MR) is 84.6 cm³/mol. The molecular formula is C16H16F3NO3S. The first-order valence-corrected chi connectivity index (χ1v) is 8.49. The summed E-state index contributed by atoms with van der Waals surface area (Å²) in [6.45, 7) is 2.24. The molecule has 4 nitrogen and oxygen atoms in total. The number of halogens is 3. The Balaban J connectivity index is 2.35. The van der Waals surface area contributed by atoms with Gasteiger partial charge in [0.15, 0.2) is 0 Å². The summed E-state index contributed by atoms with van der Waals surface area (Å²) in [5.41, 5.74) is -0.979. The van der Waals surface area contributed by atoms with Crippen molar-refractivity contribution in [3.8, 4) is 5.75 Å². The Kier molecular flexibility index (Phi) is 5.08. The van der Waals surface area contributed by atoms with Crippen molar-refractivity contribution >= 4 is 15.7 Å². The number of anilines is 1. The van der Waals surface area contributed by atoms with E-state index in [0.29, 0.717) is 12.4 Å². The molecule has 0 aromatic heterocycles. The van der Waals surface area contributed by atoms with Crippen LogP contribution in [0.5, 0.6) is 5.75 Å². The Bertz CT molecular complexity index is 802. The van der Waals surface area contributed by atoms with Crippen LogP contribution >= 0.6 is 0 Å². The van der Waals surface area contributed by atoms with E-state index in [2.05, 4.69) is 0 Å². The van der Waals surface area contributed by atoms with E-state index in [1.54, 1.807) is 6.92 Å². The molecule has 0 saturated carbocycles. The topological polar surface area (TPSA) is 46.6 Å². The highest BCUT2D eigenvalue weighted by atomic mass is 32.2. The van der Waals surface area contributed by atoms with E-state index in [-0.39, 0.29) is 10.6 Å². The molecule has 0 bridgehead atoms. The number of nitrogens with zero attached hydrogens (tertiary/aromatic N) is 1. The van der Waals surface area contributed by atoms with E-state index in [9.17, 15) is 21.6 Å². The van der Waals surface area contributed by atoms with Crippen LogP contribution in [0.2, 0.25) is 0 Å². The number of alkyl halides is 3. The minimum atomic E-state index is -4.54. The summed E-state index contributed by atoms with van der Waals surface area (Å²) < 4.78 is 69.5. The molecule has 0 N–H and O–H groups in total. The van der Waals surface area contributed by atoms with Crippen LogP contribution in [0.1, 0.15) is 12.5 Å². The minimum absolute atomic E-state index is 0.0362. The highest BCUT2D eigenvalue weighted by Gasteiger charge is 2.31. The lowest BCUT2D eigenvalue weighted by Gasteiger charge is -2.20. The molecule has 0 aliphatic heterocycles. The van der Waals surface area contributed by atoms with Crippen LogP contribution in [0, 0.1) is 0 Å². The molecule has 0 aliphatic rings. The van der Waals surface area contributed by atoms with Crippen molar-refractivity contribution in [3.63, 3.8) is 0 Å². The SMILES string of the molecule is CCOc1ccc(S(=O)(=O)N(C)c2cccc(C(F)(F)F)c2)cc1. The van der Waals surface area contributed by atoms with Crippen LogP contribution in [0.3, 0.4) is 0 Å². The van der Waals surface area contributed by atoms with Crippen molar-refractivity contribution in [1.29, 1.82) is 0 Å². The molecule has 0 saturated heterocycles. The van der Waals surface area contributed by atoms with Gasteiger partial charge in [-0.1, -0.05) is 6.07 Å². The third-order valence-corrected chi connectivity index (χ3v) is 5.13. The van der Waals surface area contributed by atoms with Gasteiger partial charge in [0.2, 0.25) is 0 Å². The molecule has 0 unspecified atom stereocenters. The number of benzene rings is 2. The molecule has 2 aromatic rings. The van der Waals surface area contributed by atoms with Crippen LogP contribution in [-0.4, -0.2) is 22.1 Å². The fourth-order valence-electron chi connectivity index (χ4n) is 2.05. The second-order valence-electron chi connectivity index (χ2n) is 4.93. The molecular weight excluding hydrogens is 343 g/mol. The molecule has 0 radical (unpaired) electrons. The standard InChI is InChI=1S/C16H16F3NO3S/c1-3-23-14-7-9-15(10-8-14)24(21,22)20(2)13-6-4-5-12(11-13)16(17,18)19/h4-11H,3H2,1-2H3. The van der Waals surface area contributed by atoms with Crippen molar-refractivity contribution in [2.75, 3.05) is 18.0 Å². The van der Waals surface area contributed by atoms with Crippen molar-refractivity contribution in [1.82, 2.24) is 0 Å². The van der Waals surface area contributed by atoms with Gasteiger partial charge in [-0.3, -0.25) is 4.31 Å². The van der Waals surface area contributed by atoms with Gasteiger partial charge in [-0.2, -0.15) is 13.2 Å². The third kappa shape index (κ3) is 3.81. The quantitative estimate of drug-likeness (QED) is 0.813. The summed E-state index contributed by atoms with van der Waals surface area (Å²) in [5.74, 6) is 0.512. The van der Waals surface area contributed by atoms with E-state index in [4.69, 9.17) is 4.74 Å². The van der Waals surface area contributed by atoms with Gasteiger partial charge in [0, 0.05) is 7.05 Å². The van der Waals surface area contributed by atoms with Gasteiger partial charge in [-0.15, -0.1) is 0 Å². The Morgan fingerprint density at radius 3 is 2.25 bits per heavy atom. The lowest BCUT2D eigenvalue weighted by Crippen LogP contribution is -2.26. The Hall–Kier alpha value is -2.22. The molecule has 0 heterocycles. The van der Waals surface area contributed by atoms with Crippen LogP contribution in [0.4, 0.5) is 18.9 Å². The number of hydrogen-bond acceptors (Lipinski definition) is 3. The van der Waals surface area contributed by atoms with Gasteiger partial charge in [-0.25, -0.2) is 8.42 Å².